The summed E-state index contributed by atoms with van der Waals surface area (Å²) in [5, 5.41) is 6.53. The van der Waals surface area contributed by atoms with Gasteiger partial charge < -0.3 is 5.32 Å². The molecule has 0 spiro atoms. The summed E-state index contributed by atoms with van der Waals surface area (Å²) in [5.74, 6) is -1.20. The number of benzene rings is 1. The summed E-state index contributed by atoms with van der Waals surface area (Å²) in [7, 11) is 0. The van der Waals surface area contributed by atoms with Gasteiger partial charge in [0.2, 0.25) is 5.91 Å². The van der Waals surface area contributed by atoms with Crippen LogP contribution in [0.2, 0.25) is 0 Å². The number of amides is 2. The minimum absolute atomic E-state index is 0.220. The Bertz CT molecular complexity index is 499. The lowest BCUT2D eigenvalue weighted by Crippen LogP contribution is -2.43. The van der Waals surface area contributed by atoms with Crippen molar-refractivity contribution in [2.24, 2.45) is 11.0 Å². The molecule has 1 aliphatic heterocycles. The fourth-order valence-electron chi connectivity index (χ4n) is 1.82. The number of hydrogen-bond acceptors (Lipinski definition) is 3. The Morgan fingerprint density at radius 3 is 2.84 bits per heavy atom. The Balaban J connectivity index is 1.89. The molecule has 0 bridgehead atoms. The second kappa shape index (κ2) is 6.47. The first-order chi connectivity index (χ1) is 9.16. The molecule has 1 saturated heterocycles. The average molecular weight is 324 g/mol. The van der Waals surface area contributed by atoms with Crippen molar-refractivity contribution in [2.45, 2.75) is 12.8 Å². The molecule has 1 aliphatic rings. The molecular formula is C13H14BrN3O2. The molecule has 0 unspecified atom stereocenters. The van der Waals surface area contributed by atoms with Gasteiger partial charge in [-0.1, -0.05) is 28.1 Å². The highest BCUT2D eigenvalue weighted by Gasteiger charge is 2.28. The van der Waals surface area contributed by atoms with Crippen LogP contribution in [0.15, 0.2) is 33.8 Å². The summed E-state index contributed by atoms with van der Waals surface area (Å²) in [6.45, 7) is 0.644. The van der Waals surface area contributed by atoms with Gasteiger partial charge in [-0.15, -0.1) is 0 Å². The summed E-state index contributed by atoms with van der Waals surface area (Å²) in [4.78, 5) is 23.2. The molecule has 1 aromatic carbocycles. The van der Waals surface area contributed by atoms with Gasteiger partial charge in [-0.2, -0.15) is 5.10 Å². The van der Waals surface area contributed by atoms with Gasteiger partial charge in [-0.25, -0.2) is 5.43 Å². The van der Waals surface area contributed by atoms with Crippen LogP contribution in [0.4, 0.5) is 0 Å². The zero-order valence-corrected chi connectivity index (χ0v) is 11.8. The number of carbonyl (C=O) groups excluding carboxylic acids is 2. The molecule has 0 radical (unpaired) electrons. The highest BCUT2D eigenvalue weighted by molar-refractivity contribution is 9.10. The van der Waals surface area contributed by atoms with E-state index in [4.69, 9.17) is 0 Å². The maximum absolute atomic E-state index is 11.8. The van der Waals surface area contributed by atoms with Crippen molar-refractivity contribution >= 4 is 34.0 Å². The molecule has 6 heteroatoms. The molecule has 5 nitrogen and oxygen atoms in total. The molecule has 19 heavy (non-hydrogen) atoms. The molecule has 0 aromatic heterocycles. The fourth-order valence-corrected chi connectivity index (χ4v) is 2.08. The predicted octanol–water partition coefficient (Wildman–Crippen LogP) is 1.43. The lowest BCUT2D eigenvalue weighted by Gasteiger charge is -2.19. The quantitative estimate of drug-likeness (QED) is 0.502. The third kappa shape index (κ3) is 3.89. The molecule has 1 heterocycles. The van der Waals surface area contributed by atoms with Crippen molar-refractivity contribution in [3.05, 3.63) is 34.3 Å². The van der Waals surface area contributed by atoms with E-state index in [-0.39, 0.29) is 11.8 Å². The molecular weight excluding hydrogens is 310 g/mol. The molecule has 2 rings (SSSR count). The smallest absolute Gasteiger partial charge is 0.252 e. The maximum Gasteiger partial charge on any atom is 0.252 e. The van der Waals surface area contributed by atoms with Crippen LogP contribution in [-0.4, -0.2) is 24.6 Å². The van der Waals surface area contributed by atoms with Gasteiger partial charge in [0.1, 0.15) is 5.92 Å². The van der Waals surface area contributed by atoms with E-state index in [0.717, 1.165) is 16.5 Å². The van der Waals surface area contributed by atoms with Gasteiger partial charge in [-0.05, 0) is 30.5 Å². The van der Waals surface area contributed by atoms with Crippen molar-refractivity contribution in [1.82, 2.24) is 10.7 Å². The van der Waals surface area contributed by atoms with Gasteiger partial charge >= 0.3 is 0 Å². The Hall–Kier alpha value is -1.69. The predicted molar refractivity (Wildman–Crippen MR) is 75.6 cm³/mol. The minimum Gasteiger partial charge on any atom is -0.355 e. The van der Waals surface area contributed by atoms with Crippen molar-refractivity contribution < 1.29 is 9.59 Å². The Labute approximate surface area is 119 Å². The number of nitrogens with one attached hydrogen (secondary N) is 2. The van der Waals surface area contributed by atoms with Crippen molar-refractivity contribution in [3.63, 3.8) is 0 Å². The molecule has 1 fully saturated rings. The van der Waals surface area contributed by atoms with Crippen LogP contribution in [0.1, 0.15) is 18.4 Å². The highest BCUT2D eigenvalue weighted by Crippen LogP contribution is 2.11. The summed E-state index contributed by atoms with van der Waals surface area (Å²) in [6, 6.07) is 7.51. The summed E-state index contributed by atoms with van der Waals surface area (Å²) < 4.78 is 0.979. The zero-order chi connectivity index (χ0) is 13.7. The normalized spacial score (nSPS) is 19.2. The highest BCUT2D eigenvalue weighted by atomic mass is 79.9. The standard InChI is InChI=1S/C13H14BrN3O2/c14-10-5-3-9(4-6-10)8-16-17-13(19)11-2-1-7-15-12(11)18/h3-6,8,11H,1-2,7H2,(H,15,18)(H,17,19)/b16-8-/t11-/m1/s1. The Morgan fingerprint density at radius 2 is 2.16 bits per heavy atom. The fraction of sp³-hybridized carbons (Fsp3) is 0.308. The number of carbonyl (C=O) groups is 2. The van der Waals surface area contributed by atoms with E-state index in [9.17, 15) is 9.59 Å². The average Bonchev–Trinajstić information content (AvgIpc) is 2.41. The lowest BCUT2D eigenvalue weighted by molar-refractivity contribution is -0.136. The number of rotatable bonds is 3. The van der Waals surface area contributed by atoms with Gasteiger partial charge in [-0.3, -0.25) is 9.59 Å². The first-order valence-corrected chi connectivity index (χ1v) is 6.82. The van der Waals surface area contributed by atoms with E-state index in [0.29, 0.717) is 13.0 Å². The van der Waals surface area contributed by atoms with E-state index in [2.05, 4.69) is 31.8 Å². The zero-order valence-electron chi connectivity index (χ0n) is 10.2. The summed E-state index contributed by atoms with van der Waals surface area (Å²) >= 11 is 3.34. The second-order valence-electron chi connectivity index (χ2n) is 4.27. The van der Waals surface area contributed by atoms with Crippen LogP contribution in [0.5, 0.6) is 0 Å². The number of hydrazone groups is 1. The van der Waals surface area contributed by atoms with E-state index in [1.54, 1.807) is 6.21 Å². The lowest BCUT2D eigenvalue weighted by atomic mass is 9.98. The van der Waals surface area contributed by atoms with E-state index < -0.39 is 5.92 Å². The third-order valence-electron chi connectivity index (χ3n) is 2.86. The van der Waals surface area contributed by atoms with Crippen molar-refractivity contribution in [3.8, 4) is 0 Å². The summed E-state index contributed by atoms with van der Waals surface area (Å²) in [6.07, 6.45) is 2.94. The van der Waals surface area contributed by atoms with Crippen LogP contribution < -0.4 is 10.7 Å². The topological polar surface area (TPSA) is 70.6 Å². The Morgan fingerprint density at radius 1 is 1.42 bits per heavy atom. The number of hydrogen-bond donors (Lipinski definition) is 2. The van der Waals surface area contributed by atoms with E-state index >= 15 is 0 Å². The van der Waals surface area contributed by atoms with Crippen molar-refractivity contribution in [2.75, 3.05) is 6.54 Å². The van der Waals surface area contributed by atoms with Gasteiger partial charge in [0, 0.05) is 11.0 Å². The van der Waals surface area contributed by atoms with Crippen LogP contribution >= 0.6 is 15.9 Å². The number of halogens is 1. The van der Waals surface area contributed by atoms with Crippen LogP contribution in [0, 0.1) is 5.92 Å². The van der Waals surface area contributed by atoms with Crippen molar-refractivity contribution in [1.29, 1.82) is 0 Å². The molecule has 0 aliphatic carbocycles. The van der Waals surface area contributed by atoms with Gasteiger partial charge in [0.25, 0.3) is 5.91 Å². The summed E-state index contributed by atoms with van der Waals surface area (Å²) in [5.41, 5.74) is 3.28. The first-order valence-electron chi connectivity index (χ1n) is 6.03. The van der Waals surface area contributed by atoms with Crippen LogP contribution in [0.3, 0.4) is 0 Å². The molecule has 0 saturated carbocycles. The molecule has 1 atom stereocenters. The molecule has 2 amide bonds. The second-order valence-corrected chi connectivity index (χ2v) is 5.19. The van der Waals surface area contributed by atoms with E-state index in [1.807, 2.05) is 24.3 Å². The molecule has 100 valence electrons. The third-order valence-corrected chi connectivity index (χ3v) is 3.39. The Kier molecular flexibility index (Phi) is 4.68. The monoisotopic (exact) mass is 323 g/mol. The number of nitrogens with zero attached hydrogens (tertiary/aromatic N) is 1. The molecule has 2 N–H and O–H groups in total. The number of piperidine rings is 1. The largest absolute Gasteiger partial charge is 0.355 e. The van der Waals surface area contributed by atoms with E-state index in [1.165, 1.54) is 0 Å². The maximum atomic E-state index is 11.8. The SMILES string of the molecule is O=C1NCCC[C@H]1C(=O)N/N=C\c1ccc(Br)cc1. The first kappa shape index (κ1) is 13.7. The van der Waals surface area contributed by atoms with Gasteiger partial charge in [0.15, 0.2) is 0 Å². The molecule has 1 aromatic rings. The van der Waals surface area contributed by atoms with Gasteiger partial charge in [0.05, 0.1) is 6.21 Å². The minimum atomic E-state index is -0.629. The van der Waals surface area contributed by atoms with Crippen LogP contribution in [-0.2, 0) is 9.59 Å². The van der Waals surface area contributed by atoms with Crippen LogP contribution in [0.25, 0.3) is 0 Å².